The molecule has 0 spiro atoms. The van der Waals surface area contributed by atoms with Gasteiger partial charge in [0.05, 0.1) is 18.2 Å². The van der Waals surface area contributed by atoms with Crippen LogP contribution in [0.1, 0.15) is 43.9 Å². The fraction of sp³-hybridized carbons (Fsp3) is 0.312. The number of alkyl halides is 1. The summed E-state index contributed by atoms with van der Waals surface area (Å²) in [6.45, 7) is 1.85. The van der Waals surface area contributed by atoms with Crippen LogP contribution in [0.4, 0.5) is 4.39 Å². The quantitative estimate of drug-likeness (QED) is 0.936. The number of benzene rings is 1. The number of aryl methyl sites for hydroxylation is 1. The van der Waals surface area contributed by atoms with Gasteiger partial charge in [-0.3, -0.25) is 4.79 Å². The van der Waals surface area contributed by atoms with Crippen molar-refractivity contribution in [2.45, 2.75) is 25.6 Å². The lowest BCUT2D eigenvalue weighted by molar-refractivity contribution is 0.0697. The number of carbonyl (C=O) groups is 2. The van der Waals surface area contributed by atoms with Gasteiger partial charge in [-0.05, 0) is 25.1 Å². The lowest BCUT2D eigenvalue weighted by atomic mass is 10.1. The molecule has 2 aromatic rings. The first-order valence-electron chi connectivity index (χ1n) is 7.16. The summed E-state index contributed by atoms with van der Waals surface area (Å²) in [5.41, 5.74) is 1.12. The number of rotatable bonds is 3. The molecular formula is C16H15FN2O3S. The van der Waals surface area contributed by atoms with Crippen molar-refractivity contribution in [3.63, 3.8) is 0 Å². The molecule has 5 nitrogen and oxygen atoms in total. The fourth-order valence-corrected chi connectivity index (χ4v) is 3.64. The average molecular weight is 334 g/mol. The highest BCUT2D eigenvalue weighted by atomic mass is 32.1. The highest BCUT2D eigenvalue weighted by Gasteiger charge is 2.38. The Hall–Kier alpha value is -2.28. The normalized spacial score (nSPS) is 20.7. The predicted octanol–water partition coefficient (Wildman–Crippen LogP) is 3.08. The van der Waals surface area contributed by atoms with Gasteiger partial charge in [0, 0.05) is 23.1 Å². The zero-order valence-electron chi connectivity index (χ0n) is 12.4. The predicted molar refractivity (Wildman–Crippen MR) is 83.5 cm³/mol. The van der Waals surface area contributed by atoms with Gasteiger partial charge in [-0.2, -0.15) is 0 Å². The topological polar surface area (TPSA) is 70.5 Å². The molecule has 0 radical (unpaired) electrons. The van der Waals surface area contributed by atoms with E-state index in [0.29, 0.717) is 5.01 Å². The standard InChI is InChI=1S/C16H15FN2O3S/c1-9-8-23-14(18-9)13-6-12(17)7-19(13)15(20)10-3-2-4-11(5-10)16(21)22/h2-5,8,12-13H,6-7H2,1H3,(H,21,22). The van der Waals surface area contributed by atoms with Gasteiger partial charge in [-0.15, -0.1) is 11.3 Å². The van der Waals surface area contributed by atoms with Crippen LogP contribution in [0.15, 0.2) is 29.6 Å². The maximum absolute atomic E-state index is 13.9. The molecule has 1 aliphatic rings. The highest BCUT2D eigenvalue weighted by molar-refractivity contribution is 7.09. The van der Waals surface area contributed by atoms with E-state index in [-0.39, 0.29) is 30.0 Å². The molecule has 1 aliphatic heterocycles. The van der Waals surface area contributed by atoms with Crippen LogP contribution >= 0.6 is 11.3 Å². The largest absolute Gasteiger partial charge is 0.478 e. The molecule has 0 bridgehead atoms. The van der Waals surface area contributed by atoms with E-state index in [9.17, 15) is 14.0 Å². The number of aromatic nitrogens is 1. The van der Waals surface area contributed by atoms with E-state index >= 15 is 0 Å². The molecule has 0 saturated carbocycles. The number of carbonyl (C=O) groups excluding carboxylic acids is 1. The first-order valence-corrected chi connectivity index (χ1v) is 8.04. The maximum atomic E-state index is 13.9. The van der Waals surface area contributed by atoms with E-state index in [4.69, 9.17) is 5.11 Å². The zero-order chi connectivity index (χ0) is 16.6. The van der Waals surface area contributed by atoms with Gasteiger partial charge in [0.2, 0.25) is 0 Å². The van der Waals surface area contributed by atoms with E-state index in [1.54, 1.807) is 6.07 Å². The number of halogens is 1. The van der Waals surface area contributed by atoms with Gasteiger partial charge in [0.15, 0.2) is 0 Å². The van der Waals surface area contributed by atoms with Gasteiger partial charge in [-0.25, -0.2) is 14.2 Å². The van der Waals surface area contributed by atoms with Gasteiger partial charge in [-0.1, -0.05) is 6.07 Å². The molecule has 0 aliphatic carbocycles. The smallest absolute Gasteiger partial charge is 0.335 e. The Morgan fingerprint density at radius 3 is 2.78 bits per heavy atom. The number of carboxylic acids is 1. The number of nitrogens with zero attached hydrogens (tertiary/aromatic N) is 2. The molecule has 2 heterocycles. The van der Waals surface area contributed by atoms with E-state index in [0.717, 1.165) is 5.69 Å². The van der Waals surface area contributed by atoms with Crippen molar-refractivity contribution in [3.8, 4) is 0 Å². The lowest BCUT2D eigenvalue weighted by Crippen LogP contribution is -2.31. The Labute approximate surface area is 136 Å². The van der Waals surface area contributed by atoms with Crippen molar-refractivity contribution in [2.75, 3.05) is 6.54 Å². The van der Waals surface area contributed by atoms with Crippen molar-refractivity contribution in [1.29, 1.82) is 0 Å². The number of likely N-dealkylation sites (tertiary alicyclic amines) is 1. The first-order chi connectivity index (χ1) is 11.0. The van der Waals surface area contributed by atoms with Crippen LogP contribution in [0.25, 0.3) is 0 Å². The SMILES string of the molecule is Cc1csc(C2CC(F)CN2C(=O)c2cccc(C(=O)O)c2)n1. The molecule has 7 heteroatoms. The second-order valence-corrected chi connectivity index (χ2v) is 6.41. The highest BCUT2D eigenvalue weighted by Crippen LogP contribution is 2.36. The van der Waals surface area contributed by atoms with Crippen LogP contribution < -0.4 is 0 Å². The maximum Gasteiger partial charge on any atom is 0.335 e. The molecule has 2 unspecified atom stereocenters. The Morgan fingerprint density at radius 1 is 1.39 bits per heavy atom. The second-order valence-electron chi connectivity index (χ2n) is 5.52. The van der Waals surface area contributed by atoms with Gasteiger partial charge in [0.25, 0.3) is 5.91 Å². The third-order valence-corrected chi connectivity index (χ3v) is 4.85. The van der Waals surface area contributed by atoms with Gasteiger partial charge >= 0.3 is 5.97 Å². The van der Waals surface area contributed by atoms with Crippen LogP contribution in [-0.2, 0) is 0 Å². The van der Waals surface area contributed by atoms with E-state index in [1.807, 2.05) is 12.3 Å². The second kappa shape index (κ2) is 6.08. The number of thiazole rings is 1. The van der Waals surface area contributed by atoms with E-state index in [2.05, 4.69) is 4.98 Å². The van der Waals surface area contributed by atoms with Crippen LogP contribution in [0, 0.1) is 6.92 Å². The summed E-state index contributed by atoms with van der Waals surface area (Å²) in [6, 6.07) is 5.40. The zero-order valence-corrected chi connectivity index (χ0v) is 13.2. The van der Waals surface area contributed by atoms with Crippen LogP contribution in [0.3, 0.4) is 0 Å². The van der Waals surface area contributed by atoms with Crippen molar-refractivity contribution in [3.05, 3.63) is 51.5 Å². The fourth-order valence-electron chi connectivity index (χ4n) is 2.72. The van der Waals surface area contributed by atoms with Gasteiger partial charge in [0.1, 0.15) is 11.2 Å². The molecule has 3 rings (SSSR count). The third kappa shape index (κ3) is 3.10. The minimum absolute atomic E-state index is 0.000569. The number of amides is 1. The van der Waals surface area contributed by atoms with Crippen LogP contribution in [0.5, 0.6) is 0 Å². The molecule has 1 amide bonds. The van der Waals surface area contributed by atoms with Gasteiger partial charge < -0.3 is 10.0 Å². The summed E-state index contributed by atoms with van der Waals surface area (Å²) in [6.07, 6.45) is -0.882. The van der Waals surface area contributed by atoms with Crippen molar-refractivity contribution >= 4 is 23.2 Å². The van der Waals surface area contributed by atoms with Crippen LogP contribution in [0.2, 0.25) is 0 Å². The molecular weight excluding hydrogens is 319 g/mol. The summed E-state index contributed by atoms with van der Waals surface area (Å²) in [7, 11) is 0. The molecule has 23 heavy (non-hydrogen) atoms. The van der Waals surface area contributed by atoms with Crippen LogP contribution in [-0.4, -0.2) is 39.6 Å². The molecule has 1 saturated heterocycles. The molecule has 1 aromatic carbocycles. The van der Waals surface area contributed by atoms with Crippen molar-refractivity contribution in [1.82, 2.24) is 9.88 Å². The number of hydrogen-bond donors (Lipinski definition) is 1. The van der Waals surface area contributed by atoms with E-state index < -0.39 is 18.2 Å². The summed E-state index contributed by atoms with van der Waals surface area (Å²) >= 11 is 1.41. The Balaban J connectivity index is 1.90. The Bertz CT molecular complexity index is 761. The summed E-state index contributed by atoms with van der Waals surface area (Å²) in [5, 5.41) is 11.6. The molecule has 1 aromatic heterocycles. The molecule has 1 N–H and O–H groups in total. The summed E-state index contributed by atoms with van der Waals surface area (Å²) in [4.78, 5) is 29.6. The third-order valence-electron chi connectivity index (χ3n) is 3.79. The number of carboxylic acid groups (broad SMARTS) is 1. The molecule has 1 fully saturated rings. The summed E-state index contributed by atoms with van der Waals surface area (Å²) in [5.74, 6) is -1.47. The number of aromatic carboxylic acids is 1. The Morgan fingerprint density at radius 2 is 2.13 bits per heavy atom. The lowest BCUT2D eigenvalue weighted by Gasteiger charge is -2.23. The minimum Gasteiger partial charge on any atom is -0.478 e. The van der Waals surface area contributed by atoms with Crippen molar-refractivity contribution in [2.24, 2.45) is 0 Å². The van der Waals surface area contributed by atoms with Crippen molar-refractivity contribution < 1.29 is 19.1 Å². The minimum atomic E-state index is -1.10. The molecule has 120 valence electrons. The monoisotopic (exact) mass is 334 g/mol. The Kier molecular flexibility index (Phi) is 4.12. The molecule has 2 atom stereocenters. The summed E-state index contributed by atoms with van der Waals surface area (Å²) < 4.78 is 13.9. The average Bonchev–Trinajstić information content (AvgIpc) is 3.12. The first kappa shape index (κ1) is 15.6. The number of hydrogen-bond acceptors (Lipinski definition) is 4. The van der Waals surface area contributed by atoms with E-state index in [1.165, 1.54) is 34.4 Å².